The fourth-order valence-corrected chi connectivity index (χ4v) is 2.29. The van der Waals surface area contributed by atoms with Crippen LogP contribution in [0.2, 0.25) is 0 Å². The fraction of sp³-hybridized carbons (Fsp3) is 0.750. The van der Waals surface area contributed by atoms with Crippen LogP contribution < -0.4 is 10.2 Å². The van der Waals surface area contributed by atoms with Crippen LogP contribution >= 0.6 is 0 Å². The Bertz CT molecular complexity index is 446. The van der Waals surface area contributed by atoms with Gasteiger partial charge in [0, 0.05) is 38.2 Å². The van der Waals surface area contributed by atoms with Crippen molar-refractivity contribution in [3.05, 3.63) is 11.9 Å². The lowest BCUT2D eigenvalue weighted by atomic mass is 10.3. The van der Waals surface area contributed by atoms with E-state index in [9.17, 15) is 0 Å². The van der Waals surface area contributed by atoms with Crippen LogP contribution in [0, 0.1) is 0 Å². The van der Waals surface area contributed by atoms with E-state index in [1.165, 1.54) is 12.8 Å². The van der Waals surface area contributed by atoms with E-state index in [1.54, 1.807) is 7.11 Å². The van der Waals surface area contributed by atoms with Crippen LogP contribution in [-0.4, -0.2) is 42.8 Å². The SMILES string of the molecule is CCCNc1cc(N(CCOC)C(C)C)nc(C2CC2)n1. The summed E-state index contributed by atoms with van der Waals surface area (Å²) < 4.78 is 5.23. The molecular formula is C16H28N4O. The van der Waals surface area contributed by atoms with E-state index in [0.717, 1.165) is 37.0 Å². The number of ether oxygens (including phenoxy) is 1. The Labute approximate surface area is 128 Å². The molecule has 0 bridgehead atoms. The normalized spacial score (nSPS) is 14.5. The third kappa shape index (κ3) is 4.56. The third-order valence-corrected chi connectivity index (χ3v) is 3.68. The van der Waals surface area contributed by atoms with E-state index in [0.29, 0.717) is 18.6 Å². The number of anilines is 2. The van der Waals surface area contributed by atoms with Gasteiger partial charge in [0.25, 0.3) is 0 Å². The van der Waals surface area contributed by atoms with E-state index < -0.39 is 0 Å². The zero-order chi connectivity index (χ0) is 15.2. The summed E-state index contributed by atoms with van der Waals surface area (Å²) in [5.74, 6) is 3.52. The van der Waals surface area contributed by atoms with Gasteiger partial charge in [-0.1, -0.05) is 6.92 Å². The Hall–Kier alpha value is -1.36. The molecule has 0 unspecified atom stereocenters. The molecule has 5 nitrogen and oxygen atoms in total. The molecule has 0 atom stereocenters. The van der Waals surface area contributed by atoms with Gasteiger partial charge >= 0.3 is 0 Å². The summed E-state index contributed by atoms with van der Waals surface area (Å²) in [6, 6.07) is 2.46. The van der Waals surface area contributed by atoms with Gasteiger partial charge in [0.2, 0.25) is 0 Å². The van der Waals surface area contributed by atoms with E-state index >= 15 is 0 Å². The van der Waals surface area contributed by atoms with Crippen LogP contribution in [0.4, 0.5) is 11.6 Å². The second-order valence-corrected chi connectivity index (χ2v) is 5.95. The topological polar surface area (TPSA) is 50.3 Å². The van der Waals surface area contributed by atoms with Gasteiger partial charge in [-0.05, 0) is 33.1 Å². The van der Waals surface area contributed by atoms with Crippen molar-refractivity contribution >= 4 is 11.6 Å². The van der Waals surface area contributed by atoms with Crippen molar-refractivity contribution in [2.75, 3.05) is 37.0 Å². The maximum atomic E-state index is 5.23. The lowest BCUT2D eigenvalue weighted by molar-refractivity contribution is 0.203. The lowest BCUT2D eigenvalue weighted by Gasteiger charge is -2.28. The molecule has 1 aromatic rings. The second kappa shape index (κ2) is 7.59. The second-order valence-electron chi connectivity index (χ2n) is 5.95. The van der Waals surface area contributed by atoms with Crippen molar-refractivity contribution in [3.63, 3.8) is 0 Å². The maximum Gasteiger partial charge on any atom is 0.136 e. The molecule has 0 aromatic carbocycles. The van der Waals surface area contributed by atoms with Crippen LogP contribution in [0.25, 0.3) is 0 Å². The summed E-state index contributed by atoms with van der Waals surface area (Å²) in [6.45, 7) is 9.04. The third-order valence-electron chi connectivity index (χ3n) is 3.68. The number of rotatable bonds is 9. The van der Waals surface area contributed by atoms with E-state index in [-0.39, 0.29) is 0 Å². The molecule has 1 fully saturated rings. The Morgan fingerprint density at radius 3 is 2.71 bits per heavy atom. The summed E-state index contributed by atoms with van der Waals surface area (Å²) in [7, 11) is 1.74. The first-order chi connectivity index (χ1) is 10.2. The summed E-state index contributed by atoms with van der Waals surface area (Å²) in [5.41, 5.74) is 0. The molecule has 1 aromatic heterocycles. The van der Waals surface area contributed by atoms with Gasteiger partial charge in [-0.3, -0.25) is 0 Å². The summed E-state index contributed by atoms with van der Waals surface area (Å²) in [6.07, 6.45) is 3.53. The lowest BCUT2D eigenvalue weighted by Crippen LogP contribution is -2.34. The highest BCUT2D eigenvalue weighted by Crippen LogP contribution is 2.39. The molecule has 118 valence electrons. The van der Waals surface area contributed by atoms with Gasteiger partial charge in [-0.2, -0.15) is 0 Å². The molecule has 1 aliphatic carbocycles. The Balaban J connectivity index is 2.23. The van der Waals surface area contributed by atoms with Crippen molar-refractivity contribution in [3.8, 4) is 0 Å². The predicted molar refractivity (Wildman–Crippen MR) is 87.1 cm³/mol. The van der Waals surface area contributed by atoms with Gasteiger partial charge in [0.05, 0.1) is 6.61 Å². The molecule has 1 heterocycles. The number of aromatic nitrogens is 2. The van der Waals surface area contributed by atoms with E-state index in [1.807, 2.05) is 0 Å². The minimum atomic E-state index is 0.390. The monoisotopic (exact) mass is 292 g/mol. The van der Waals surface area contributed by atoms with Crippen LogP contribution in [-0.2, 0) is 4.74 Å². The average Bonchev–Trinajstić information content (AvgIpc) is 3.29. The van der Waals surface area contributed by atoms with Crippen molar-refractivity contribution in [1.29, 1.82) is 0 Å². The summed E-state index contributed by atoms with van der Waals surface area (Å²) in [4.78, 5) is 11.8. The van der Waals surface area contributed by atoms with Crippen molar-refractivity contribution in [1.82, 2.24) is 9.97 Å². The number of hydrogen-bond acceptors (Lipinski definition) is 5. The predicted octanol–water partition coefficient (Wildman–Crippen LogP) is 3.04. The van der Waals surface area contributed by atoms with Gasteiger partial charge in [-0.25, -0.2) is 9.97 Å². The van der Waals surface area contributed by atoms with Gasteiger partial charge in [0.15, 0.2) is 0 Å². The number of methoxy groups -OCH3 is 1. The zero-order valence-corrected chi connectivity index (χ0v) is 13.7. The molecule has 1 saturated carbocycles. The Morgan fingerprint density at radius 2 is 2.14 bits per heavy atom. The van der Waals surface area contributed by atoms with Gasteiger partial charge in [-0.15, -0.1) is 0 Å². The molecule has 0 aliphatic heterocycles. The van der Waals surface area contributed by atoms with Crippen LogP contribution in [0.3, 0.4) is 0 Å². The first-order valence-electron chi connectivity index (χ1n) is 8.04. The highest BCUT2D eigenvalue weighted by atomic mass is 16.5. The summed E-state index contributed by atoms with van der Waals surface area (Å²) >= 11 is 0. The first kappa shape index (κ1) is 16.0. The molecule has 21 heavy (non-hydrogen) atoms. The van der Waals surface area contributed by atoms with Gasteiger partial charge < -0.3 is 15.0 Å². The molecule has 0 saturated heterocycles. The minimum absolute atomic E-state index is 0.390. The smallest absolute Gasteiger partial charge is 0.136 e. The molecule has 0 radical (unpaired) electrons. The zero-order valence-electron chi connectivity index (χ0n) is 13.7. The van der Waals surface area contributed by atoms with Crippen molar-refractivity contribution in [2.45, 2.75) is 52.0 Å². The summed E-state index contributed by atoms with van der Waals surface area (Å²) in [5, 5.41) is 3.40. The van der Waals surface area contributed by atoms with E-state index in [4.69, 9.17) is 9.72 Å². The first-order valence-corrected chi connectivity index (χ1v) is 8.04. The van der Waals surface area contributed by atoms with Crippen LogP contribution in [0.15, 0.2) is 6.07 Å². The number of nitrogens with one attached hydrogen (secondary N) is 1. The minimum Gasteiger partial charge on any atom is -0.383 e. The van der Waals surface area contributed by atoms with Crippen LogP contribution in [0.1, 0.15) is 51.8 Å². The molecule has 0 spiro atoms. The Kier molecular flexibility index (Phi) is 5.79. The highest BCUT2D eigenvalue weighted by molar-refractivity contribution is 5.50. The standard InChI is InChI=1S/C16H28N4O/c1-5-8-17-14-11-15(19-16(18-14)13-6-7-13)20(12(2)3)9-10-21-4/h11-13H,5-10H2,1-4H3,(H,17,18,19). The molecular weight excluding hydrogens is 264 g/mol. The molecule has 0 amide bonds. The molecule has 1 aliphatic rings. The van der Waals surface area contributed by atoms with E-state index in [2.05, 4.69) is 42.0 Å². The number of nitrogens with zero attached hydrogens (tertiary/aromatic N) is 3. The van der Waals surface area contributed by atoms with Crippen molar-refractivity contribution in [2.24, 2.45) is 0 Å². The van der Waals surface area contributed by atoms with Crippen molar-refractivity contribution < 1.29 is 4.74 Å². The molecule has 2 rings (SSSR count). The average molecular weight is 292 g/mol. The molecule has 1 N–H and O–H groups in total. The quantitative estimate of drug-likeness (QED) is 0.758. The number of hydrogen-bond donors (Lipinski definition) is 1. The highest BCUT2D eigenvalue weighted by Gasteiger charge is 2.28. The van der Waals surface area contributed by atoms with Crippen LogP contribution in [0.5, 0.6) is 0 Å². The molecule has 5 heteroatoms. The van der Waals surface area contributed by atoms with Gasteiger partial charge in [0.1, 0.15) is 17.5 Å². The fourth-order valence-electron chi connectivity index (χ4n) is 2.29. The maximum absolute atomic E-state index is 5.23. The Morgan fingerprint density at radius 1 is 1.38 bits per heavy atom. The largest absolute Gasteiger partial charge is 0.383 e.